The predicted molar refractivity (Wildman–Crippen MR) is 122 cm³/mol. The maximum absolute atomic E-state index is 3.76. The standard InChI is InChI=1S/C27H28N2/c1-20-12-6-7-15-22(20)27(29-18-10-3-11-19-29)25-23-16-8-9-17-24(23)28-26(25)21-13-4-2-5-14-21/h2,4-9,12-17,27-28H,3,10-11,18-19H2,1H3. The van der Waals surface area contributed by atoms with Crippen LogP contribution in [0.2, 0.25) is 0 Å². The van der Waals surface area contributed by atoms with Gasteiger partial charge in [0.25, 0.3) is 0 Å². The number of aromatic amines is 1. The number of H-pyrrole nitrogens is 1. The van der Waals surface area contributed by atoms with E-state index in [1.165, 1.54) is 58.1 Å². The number of hydrogen-bond donors (Lipinski definition) is 1. The van der Waals surface area contributed by atoms with Gasteiger partial charge in [-0.3, -0.25) is 4.90 Å². The molecule has 0 saturated carbocycles. The Bertz CT molecular complexity index is 1100. The number of nitrogens with zero attached hydrogens (tertiary/aromatic N) is 1. The summed E-state index contributed by atoms with van der Waals surface area (Å²) in [5.41, 5.74) is 7.95. The molecule has 1 aliphatic heterocycles. The molecule has 2 nitrogen and oxygen atoms in total. The maximum Gasteiger partial charge on any atom is 0.0631 e. The van der Waals surface area contributed by atoms with Gasteiger partial charge in [-0.05, 0) is 55.6 Å². The fraction of sp³-hybridized carbons (Fsp3) is 0.259. The summed E-state index contributed by atoms with van der Waals surface area (Å²) in [4.78, 5) is 6.46. The highest BCUT2D eigenvalue weighted by Crippen LogP contribution is 2.42. The van der Waals surface area contributed by atoms with Crippen molar-refractivity contribution in [1.29, 1.82) is 0 Å². The Labute approximate surface area is 173 Å². The highest BCUT2D eigenvalue weighted by molar-refractivity contribution is 5.92. The first kappa shape index (κ1) is 18.2. The van der Waals surface area contributed by atoms with Crippen molar-refractivity contribution in [3.05, 3.63) is 95.6 Å². The van der Waals surface area contributed by atoms with Crippen molar-refractivity contribution in [2.45, 2.75) is 32.2 Å². The number of benzene rings is 3. The van der Waals surface area contributed by atoms with Crippen LogP contribution in [0.25, 0.3) is 22.2 Å². The molecular weight excluding hydrogens is 352 g/mol. The predicted octanol–water partition coefficient (Wildman–Crippen LogP) is 6.72. The van der Waals surface area contributed by atoms with Crippen LogP contribution in [0.15, 0.2) is 78.9 Å². The van der Waals surface area contributed by atoms with E-state index in [0.29, 0.717) is 0 Å². The molecule has 5 rings (SSSR count). The van der Waals surface area contributed by atoms with Crippen molar-refractivity contribution < 1.29 is 0 Å². The number of para-hydroxylation sites is 1. The zero-order valence-electron chi connectivity index (χ0n) is 17.1. The number of fused-ring (bicyclic) bond motifs is 1. The van der Waals surface area contributed by atoms with Crippen LogP contribution in [-0.2, 0) is 0 Å². The molecule has 1 aliphatic rings. The second-order valence-corrected chi connectivity index (χ2v) is 8.18. The summed E-state index contributed by atoms with van der Waals surface area (Å²) < 4.78 is 0. The van der Waals surface area contributed by atoms with Crippen LogP contribution in [-0.4, -0.2) is 23.0 Å². The third-order valence-electron chi connectivity index (χ3n) is 6.32. The first-order valence-corrected chi connectivity index (χ1v) is 10.8. The Morgan fingerprint density at radius 1 is 0.759 bits per heavy atom. The maximum atomic E-state index is 3.76. The van der Waals surface area contributed by atoms with Crippen LogP contribution < -0.4 is 0 Å². The van der Waals surface area contributed by atoms with Crippen molar-refractivity contribution >= 4 is 10.9 Å². The lowest BCUT2D eigenvalue weighted by atomic mass is 9.89. The molecule has 146 valence electrons. The van der Waals surface area contributed by atoms with Gasteiger partial charge in [0.2, 0.25) is 0 Å². The van der Waals surface area contributed by atoms with E-state index in [9.17, 15) is 0 Å². The third-order valence-corrected chi connectivity index (χ3v) is 6.32. The molecule has 29 heavy (non-hydrogen) atoms. The molecule has 1 saturated heterocycles. The van der Waals surface area contributed by atoms with Gasteiger partial charge in [0.15, 0.2) is 0 Å². The van der Waals surface area contributed by atoms with Crippen LogP contribution in [0, 0.1) is 6.92 Å². The second-order valence-electron chi connectivity index (χ2n) is 8.18. The third kappa shape index (κ3) is 3.38. The van der Waals surface area contributed by atoms with Gasteiger partial charge in [-0.15, -0.1) is 0 Å². The minimum atomic E-state index is 0.267. The number of likely N-dealkylation sites (tertiary alicyclic amines) is 1. The number of rotatable bonds is 4. The SMILES string of the molecule is Cc1ccccc1C(c1c(-c2ccccc2)[nH]c2ccccc12)N1CCCCC1. The van der Waals surface area contributed by atoms with Gasteiger partial charge in [-0.2, -0.15) is 0 Å². The molecule has 0 radical (unpaired) electrons. The molecule has 1 unspecified atom stereocenters. The molecule has 4 aromatic rings. The van der Waals surface area contributed by atoms with Gasteiger partial charge >= 0.3 is 0 Å². The van der Waals surface area contributed by atoms with E-state index < -0.39 is 0 Å². The first-order chi connectivity index (χ1) is 14.3. The topological polar surface area (TPSA) is 19.0 Å². The fourth-order valence-electron chi connectivity index (χ4n) is 4.89. The van der Waals surface area contributed by atoms with Gasteiger partial charge in [-0.1, -0.05) is 79.2 Å². The van der Waals surface area contributed by atoms with E-state index in [0.717, 1.165) is 13.1 Å². The van der Waals surface area contributed by atoms with Crippen LogP contribution in [0.1, 0.15) is 42.0 Å². The molecule has 1 aromatic heterocycles. The molecule has 0 amide bonds. The zero-order valence-corrected chi connectivity index (χ0v) is 17.1. The Hall–Kier alpha value is -2.84. The molecule has 2 heteroatoms. The molecule has 0 aliphatic carbocycles. The lowest BCUT2D eigenvalue weighted by molar-refractivity contribution is 0.188. The van der Waals surface area contributed by atoms with E-state index in [-0.39, 0.29) is 6.04 Å². The summed E-state index contributed by atoms with van der Waals surface area (Å²) in [5.74, 6) is 0. The first-order valence-electron chi connectivity index (χ1n) is 10.8. The highest BCUT2D eigenvalue weighted by atomic mass is 15.2. The van der Waals surface area contributed by atoms with Crippen LogP contribution in [0.5, 0.6) is 0 Å². The van der Waals surface area contributed by atoms with Crippen LogP contribution >= 0.6 is 0 Å². The minimum Gasteiger partial charge on any atom is -0.354 e. The Kier molecular flexibility index (Phi) is 4.95. The normalized spacial score (nSPS) is 16.2. The van der Waals surface area contributed by atoms with Gasteiger partial charge in [0.1, 0.15) is 0 Å². The lowest BCUT2D eigenvalue weighted by Gasteiger charge is -2.36. The van der Waals surface area contributed by atoms with Crippen molar-refractivity contribution in [1.82, 2.24) is 9.88 Å². The van der Waals surface area contributed by atoms with Crippen molar-refractivity contribution in [3.63, 3.8) is 0 Å². The fourth-order valence-corrected chi connectivity index (χ4v) is 4.89. The zero-order chi connectivity index (χ0) is 19.6. The summed E-state index contributed by atoms with van der Waals surface area (Å²) in [6.45, 7) is 4.57. The number of nitrogens with one attached hydrogen (secondary N) is 1. The largest absolute Gasteiger partial charge is 0.354 e. The quantitative estimate of drug-likeness (QED) is 0.416. The molecule has 1 N–H and O–H groups in total. The lowest BCUT2D eigenvalue weighted by Crippen LogP contribution is -2.35. The summed E-state index contributed by atoms with van der Waals surface area (Å²) in [5, 5.41) is 1.34. The Balaban J connectivity index is 1.78. The summed E-state index contributed by atoms with van der Waals surface area (Å²) in [7, 11) is 0. The minimum absolute atomic E-state index is 0.267. The van der Waals surface area contributed by atoms with Crippen LogP contribution in [0.4, 0.5) is 0 Å². The average Bonchev–Trinajstić information content (AvgIpc) is 3.16. The number of hydrogen-bond acceptors (Lipinski definition) is 1. The number of aryl methyl sites for hydroxylation is 1. The summed E-state index contributed by atoms with van der Waals surface area (Å²) in [6.07, 6.45) is 3.91. The van der Waals surface area contributed by atoms with Gasteiger partial charge in [0, 0.05) is 16.5 Å². The summed E-state index contributed by atoms with van der Waals surface area (Å²) >= 11 is 0. The van der Waals surface area contributed by atoms with Gasteiger partial charge in [-0.25, -0.2) is 0 Å². The Morgan fingerprint density at radius 3 is 2.24 bits per heavy atom. The molecule has 2 heterocycles. The highest BCUT2D eigenvalue weighted by Gasteiger charge is 2.30. The molecular formula is C27H28N2. The monoisotopic (exact) mass is 380 g/mol. The number of aromatic nitrogens is 1. The van der Waals surface area contributed by atoms with Crippen molar-refractivity contribution in [3.8, 4) is 11.3 Å². The number of piperidine rings is 1. The van der Waals surface area contributed by atoms with E-state index in [1.54, 1.807) is 0 Å². The molecule has 0 spiro atoms. The van der Waals surface area contributed by atoms with E-state index in [2.05, 4.69) is 95.7 Å². The molecule has 3 aromatic carbocycles. The van der Waals surface area contributed by atoms with Gasteiger partial charge < -0.3 is 4.98 Å². The van der Waals surface area contributed by atoms with E-state index in [4.69, 9.17) is 0 Å². The smallest absolute Gasteiger partial charge is 0.0631 e. The molecule has 0 bridgehead atoms. The molecule has 1 atom stereocenters. The molecule has 1 fully saturated rings. The summed E-state index contributed by atoms with van der Waals surface area (Å²) in [6, 6.07) is 28.8. The van der Waals surface area contributed by atoms with Crippen molar-refractivity contribution in [2.24, 2.45) is 0 Å². The van der Waals surface area contributed by atoms with E-state index in [1.807, 2.05) is 0 Å². The second kappa shape index (κ2) is 7.88. The Morgan fingerprint density at radius 2 is 1.45 bits per heavy atom. The van der Waals surface area contributed by atoms with Crippen molar-refractivity contribution in [2.75, 3.05) is 13.1 Å². The average molecular weight is 381 g/mol. The van der Waals surface area contributed by atoms with E-state index >= 15 is 0 Å². The van der Waals surface area contributed by atoms with Gasteiger partial charge in [0.05, 0.1) is 11.7 Å². The van der Waals surface area contributed by atoms with Crippen LogP contribution in [0.3, 0.4) is 0 Å².